The first-order valence-electron chi connectivity index (χ1n) is 6.13. The fourth-order valence-electron chi connectivity index (χ4n) is 1.75. The first-order chi connectivity index (χ1) is 8.58. The molecule has 1 aliphatic rings. The van der Waals surface area contributed by atoms with E-state index in [1.165, 1.54) is 5.56 Å². The number of hydrogen-bond donors (Lipinski definition) is 0. The van der Waals surface area contributed by atoms with Crippen molar-refractivity contribution in [2.75, 3.05) is 26.2 Å². The third-order valence-corrected chi connectivity index (χ3v) is 2.62. The molecule has 4 heteroatoms. The summed E-state index contributed by atoms with van der Waals surface area (Å²) in [6.45, 7) is 6.04. The molecule has 0 radical (unpaired) electrons. The highest BCUT2D eigenvalue weighted by Crippen LogP contribution is 2.02. The van der Waals surface area contributed by atoms with Crippen molar-refractivity contribution in [1.82, 2.24) is 4.90 Å². The first-order valence-corrected chi connectivity index (χ1v) is 6.13. The summed E-state index contributed by atoms with van der Waals surface area (Å²) in [5, 5.41) is 10.2. The monoisotopic (exact) mass is 250 g/mol. The Hall–Kier alpha value is -1.39. The zero-order valence-corrected chi connectivity index (χ0v) is 11.0. The van der Waals surface area contributed by atoms with Crippen molar-refractivity contribution >= 4 is 5.97 Å². The summed E-state index contributed by atoms with van der Waals surface area (Å²) in [6, 6.07) is 10.3. The van der Waals surface area contributed by atoms with Gasteiger partial charge in [0, 0.05) is 19.6 Å². The van der Waals surface area contributed by atoms with E-state index in [0.29, 0.717) is 19.7 Å². The molecule has 2 rings (SSSR count). The van der Waals surface area contributed by atoms with Gasteiger partial charge in [-0.15, -0.1) is 0 Å². The third kappa shape index (κ3) is 6.37. The van der Waals surface area contributed by atoms with Crippen LogP contribution in [0, 0.1) is 6.92 Å². The zero-order valence-electron chi connectivity index (χ0n) is 11.0. The van der Waals surface area contributed by atoms with Crippen molar-refractivity contribution in [3.63, 3.8) is 0 Å². The van der Waals surface area contributed by atoms with Crippen molar-refractivity contribution in [3.8, 4) is 0 Å². The van der Waals surface area contributed by atoms with Crippen LogP contribution in [0.3, 0.4) is 0 Å². The second kappa shape index (κ2) is 7.84. The lowest BCUT2D eigenvalue weighted by Crippen LogP contribution is -2.46. The largest absolute Gasteiger partial charge is 0.549 e. The van der Waals surface area contributed by atoms with Crippen molar-refractivity contribution < 1.29 is 14.6 Å². The molecule has 0 aliphatic carbocycles. The van der Waals surface area contributed by atoms with Crippen LogP contribution in [-0.4, -0.2) is 43.2 Å². The molecule has 0 bridgehead atoms. The molecular weight excluding hydrogens is 230 g/mol. The number of nitrogens with zero attached hydrogens (tertiary/aromatic N) is 1. The number of benzene rings is 1. The number of carbonyl (C=O) groups is 1. The average Bonchev–Trinajstić information content (AvgIpc) is 2.30. The smallest absolute Gasteiger partial charge is 0.0674 e. The van der Waals surface area contributed by atoms with Gasteiger partial charge in [0.1, 0.15) is 0 Å². The predicted octanol–water partition coefficient (Wildman–Crippen LogP) is 0.452. The SMILES string of the molecule is CC1CN(CC(=O)[O-])CCO1.Cc1ccccc1. The molecule has 0 N–H and O–H groups in total. The summed E-state index contributed by atoms with van der Waals surface area (Å²) in [4.78, 5) is 12.0. The Kier molecular flexibility index (Phi) is 6.39. The van der Waals surface area contributed by atoms with Gasteiger partial charge < -0.3 is 14.6 Å². The van der Waals surface area contributed by atoms with Gasteiger partial charge in [0.25, 0.3) is 0 Å². The molecule has 1 heterocycles. The molecule has 18 heavy (non-hydrogen) atoms. The van der Waals surface area contributed by atoms with Gasteiger partial charge in [-0.2, -0.15) is 0 Å². The molecule has 1 fully saturated rings. The molecule has 1 aromatic rings. The highest BCUT2D eigenvalue weighted by Gasteiger charge is 2.15. The number of carboxylic acid groups (broad SMARTS) is 1. The Morgan fingerprint density at radius 2 is 2.11 bits per heavy atom. The summed E-state index contributed by atoms with van der Waals surface area (Å²) in [5.74, 6) is -1.01. The molecule has 0 aromatic heterocycles. The Morgan fingerprint density at radius 3 is 2.56 bits per heavy atom. The maximum atomic E-state index is 10.2. The summed E-state index contributed by atoms with van der Waals surface area (Å²) in [7, 11) is 0. The van der Waals surface area contributed by atoms with E-state index < -0.39 is 5.97 Å². The van der Waals surface area contributed by atoms with Gasteiger partial charge in [0.05, 0.1) is 18.7 Å². The van der Waals surface area contributed by atoms with Crippen molar-refractivity contribution in [2.45, 2.75) is 20.0 Å². The topological polar surface area (TPSA) is 52.6 Å². The van der Waals surface area contributed by atoms with Gasteiger partial charge in [-0.25, -0.2) is 0 Å². The van der Waals surface area contributed by atoms with Gasteiger partial charge in [-0.05, 0) is 13.8 Å². The predicted molar refractivity (Wildman–Crippen MR) is 68.0 cm³/mol. The lowest BCUT2D eigenvalue weighted by Gasteiger charge is -2.31. The molecule has 1 atom stereocenters. The minimum atomic E-state index is -1.01. The molecule has 0 saturated carbocycles. The normalized spacial score (nSPS) is 19.8. The van der Waals surface area contributed by atoms with Crippen LogP contribution in [0.2, 0.25) is 0 Å². The Morgan fingerprint density at radius 1 is 1.44 bits per heavy atom. The number of aliphatic carboxylic acids is 1. The lowest BCUT2D eigenvalue weighted by atomic mass is 10.2. The third-order valence-electron chi connectivity index (χ3n) is 2.62. The van der Waals surface area contributed by atoms with Crippen LogP contribution >= 0.6 is 0 Å². The number of ether oxygens (including phenoxy) is 1. The second-order valence-corrected chi connectivity index (χ2v) is 4.44. The van der Waals surface area contributed by atoms with Gasteiger partial charge in [0.2, 0.25) is 0 Å². The second-order valence-electron chi connectivity index (χ2n) is 4.44. The van der Waals surface area contributed by atoms with Gasteiger partial charge >= 0.3 is 0 Å². The van der Waals surface area contributed by atoms with Gasteiger partial charge in [-0.1, -0.05) is 35.9 Å². The summed E-state index contributed by atoms with van der Waals surface area (Å²) in [5.41, 5.74) is 1.32. The average molecular weight is 250 g/mol. The summed E-state index contributed by atoms with van der Waals surface area (Å²) in [6.07, 6.45) is 0.142. The van der Waals surface area contributed by atoms with Crippen LogP contribution in [0.4, 0.5) is 0 Å². The minimum absolute atomic E-state index is 0.0215. The zero-order chi connectivity index (χ0) is 13.4. The van der Waals surface area contributed by atoms with Crippen molar-refractivity contribution in [1.29, 1.82) is 0 Å². The Balaban J connectivity index is 0.000000199. The molecule has 1 aliphatic heterocycles. The molecule has 1 aromatic carbocycles. The Bertz CT molecular complexity index is 353. The van der Waals surface area contributed by atoms with Crippen LogP contribution in [0.1, 0.15) is 12.5 Å². The van der Waals surface area contributed by atoms with E-state index in [2.05, 4.69) is 19.1 Å². The summed E-state index contributed by atoms with van der Waals surface area (Å²) >= 11 is 0. The molecule has 1 saturated heterocycles. The van der Waals surface area contributed by atoms with E-state index in [9.17, 15) is 9.90 Å². The molecule has 4 nitrogen and oxygen atoms in total. The lowest BCUT2D eigenvalue weighted by molar-refractivity contribution is -0.306. The molecule has 0 amide bonds. The number of hydrogen-bond acceptors (Lipinski definition) is 4. The van der Waals surface area contributed by atoms with Crippen LogP contribution < -0.4 is 5.11 Å². The van der Waals surface area contributed by atoms with Crippen molar-refractivity contribution in [2.24, 2.45) is 0 Å². The molecular formula is C14H20NO3-. The van der Waals surface area contributed by atoms with E-state index in [4.69, 9.17) is 4.74 Å². The Labute approximate surface area is 108 Å². The van der Waals surface area contributed by atoms with Gasteiger partial charge in [0.15, 0.2) is 0 Å². The number of rotatable bonds is 2. The molecule has 1 unspecified atom stereocenters. The number of aryl methyl sites for hydroxylation is 1. The molecule has 0 spiro atoms. The minimum Gasteiger partial charge on any atom is -0.549 e. The maximum Gasteiger partial charge on any atom is 0.0674 e. The fourth-order valence-corrected chi connectivity index (χ4v) is 1.75. The standard InChI is InChI=1S/C7H13NO3.C7H8/c1-6-4-8(2-3-11-6)5-7(9)10;1-7-5-3-2-4-6-7/h6H,2-5H2,1H3,(H,9,10);2-6H,1H3/p-1. The van der Waals surface area contributed by atoms with E-state index in [1.54, 1.807) is 0 Å². The fraction of sp³-hybridized carbons (Fsp3) is 0.500. The van der Waals surface area contributed by atoms with Crippen LogP contribution in [0.5, 0.6) is 0 Å². The first kappa shape index (κ1) is 14.7. The van der Waals surface area contributed by atoms with Gasteiger partial charge in [-0.3, -0.25) is 4.90 Å². The number of carbonyl (C=O) groups excluding carboxylic acids is 1. The van der Waals surface area contributed by atoms with Crippen molar-refractivity contribution in [3.05, 3.63) is 35.9 Å². The quantitative estimate of drug-likeness (QED) is 0.765. The maximum absolute atomic E-state index is 10.2. The molecule has 100 valence electrons. The number of carboxylic acids is 1. The van der Waals surface area contributed by atoms with Crippen LogP contribution in [0.25, 0.3) is 0 Å². The van der Waals surface area contributed by atoms with Crippen LogP contribution in [-0.2, 0) is 9.53 Å². The summed E-state index contributed by atoms with van der Waals surface area (Å²) < 4.78 is 5.23. The highest BCUT2D eigenvalue weighted by atomic mass is 16.5. The van der Waals surface area contributed by atoms with Crippen LogP contribution in [0.15, 0.2) is 30.3 Å². The van der Waals surface area contributed by atoms with E-state index in [-0.39, 0.29) is 12.6 Å². The highest BCUT2D eigenvalue weighted by molar-refractivity contribution is 5.66. The van der Waals surface area contributed by atoms with E-state index >= 15 is 0 Å². The number of morpholine rings is 1. The van der Waals surface area contributed by atoms with E-state index in [1.807, 2.05) is 30.0 Å². The van der Waals surface area contributed by atoms with E-state index in [0.717, 1.165) is 0 Å².